The Morgan fingerprint density at radius 3 is 2.69 bits per heavy atom. The van der Waals surface area contributed by atoms with Gasteiger partial charge in [-0.3, -0.25) is 9.69 Å². The summed E-state index contributed by atoms with van der Waals surface area (Å²) in [4.78, 5) is 14.4. The largest absolute Gasteiger partial charge is 0.484 e. The lowest BCUT2D eigenvalue weighted by molar-refractivity contribution is -0.123. The number of benzene rings is 2. The molecule has 0 radical (unpaired) electrons. The fraction of sp³-hybridized carbons (Fsp3) is 0.381. The summed E-state index contributed by atoms with van der Waals surface area (Å²) < 4.78 is 10.9. The summed E-state index contributed by atoms with van der Waals surface area (Å²) in [5, 5.41) is 2.92. The van der Waals surface area contributed by atoms with Gasteiger partial charge in [0.2, 0.25) is 0 Å². The molecular formula is C21H26N2O3. The molecule has 1 heterocycles. The van der Waals surface area contributed by atoms with Crippen LogP contribution in [0.4, 0.5) is 0 Å². The molecule has 1 aliphatic rings. The van der Waals surface area contributed by atoms with Crippen LogP contribution in [0.2, 0.25) is 0 Å². The van der Waals surface area contributed by atoms with Crippen LogP contribution < -0.4 is 10.1 Å². The summed E-state index contributed by atoms with van der Waals surface area (Å²) in [7, 11) is 0. The predicted octanol–water partition coefficient (Wildman–Crippen LogP) is 2.52. The highest BCUT2D eigenvalue weighted by atomic mass is 16.5. The molecule has 138 valence electrons. The van der Waals surface area contributed by atoms with E-state index in [1.165, 1.54) is 5.56 Å². The molecule has 0 unspecified atom stereocenters. The van der Waals surface area contributed by atoms with E-state index in [4.69, 9.17) is 9.47 Å². The van der Waals surface area contributed by atoms with Crippen LogP contribution in [0.15, 0.2) is 48.5 Å². The van der Waals surface area contributed by atoms with Gasteiger partial charge in [0.15, 0.2) is 6.61 Å². The highest BCUT2D eigenvalue weighted by Crippen LogP contribution is 2.12. The van der Waals surface area contributed by atoms with Crippen LogP contribution in [0.5, 0.6) is 5.75 Å². The first-order valence-electron chi connectivity index (χ1n) is 9.03. The van der Waals surface area contributed by atoms with Crippen LogP contribution in [0, 0.1) is 6.92 Å². The van der Waals surface area contributed by atoms with Crippen molar-refractivity contribution in [2.75, 3.05) is 32.9 Å². The van der Waals surface area contributed by atoms with Crippen molar-refractivity contribution in [3.8, 4) is 5.75 Å². The van der Waals surface area contributed by atoms with E-state index in [1.807, 2.05) is 43.3 Å². The Hall–Kier alpha value is -2.37. The van der Waals surface area contributed by atoms with Crippen molar-refractivity contribution < 1.29 is 14.3 Å². The minimum atomic E-state index is -0.120. The van der Waals surface area contributed by atoms with Gasteiger partial charge in [-0.2, -0.15) is 0 Å². The molecule has 1 amide bonds. The van der Waals surface area contributed by atoms with Crippen molar-refractivity contribution >= 4 is 5.91 Å². The van der Waals surface area contributed by atoms with E-state index >= 15 is 0 Å². The molecule has 1 saturated heterocycles. The predicted molar refractivity (Wildman–Crippen MR) is 101 cm³/mol. The third kappa shape index (κ3) is 5.86. The lowest BCUT2D eigenvalue weighted by atomic mass is 10.1. The Morgan fingerprint density at radius 2 is 1.88 bits per heavy atom. The van der Waals surface area contributed by atoms with E-state index in [0.717, 1.165) is 44.0 Å². The molecule has 0 spiro atoms. The molecule has 2 aromatic rings. The van der Waals surface area contributed by atoms with E-state index in [0.29, 0.717) is 12.3 Å². The van der Waals surface area contributed by atoms with Gasteiger partial charge in [0, 0.05) is 26.2 Å². The van der Waals surface area contributed by atoms with E-state index in [2.05, 4.69) is 22.3 Å². The highest BCUT2D eigenvalue weighted by molar-refractivity contribution is 5.77. The quantitative estimate of drug-likeness (QED) is 0.830. The molecule has 0 bridgehead atoms. The first kappa shape index (κ1) is 18.4. The van der Waals surface area contributed by atoms with Crippen LogP contribution in [0.1, 0.15) is 16.7 Å². The van der Waals surface area contributed by atoms with Crippen LogP contribution in [-0.4, -0.2) is 43.7 Å². The second-order valence-electron chi connectivity index (χ2n) is 6.59. The third-order valence-corrected chi connectivity index (χ3v) is 4.35. The lowest BCUT2D eigenvalue weighted by Crippen LogP contribution is -2.35. The van der Waals surface area contributed by atoms with E-state index in [-0.39, 0.29) is 12.5 Å². The SMILES string of the molecule is Cc1cccc(OCC(=O)NCc2cccc(CN3CCOCC3)c2)c1. The van der Waals surface area contributed by atoms with Crippen molar-refractivity contribution in [2.24, 2.45) is 0 Å². The first-order chi connectivity index (χ1) is 12.7. The Balaban J connectivity index is 1.44. The average Bonchev–Trinajstić information content (AvgIpc) is 2.66. The number of hydrogen-bond donors (Lipinski definition) is 1. The highest BCUT2D eigenvalue weighted by Gasteiger charge is 2.11. The minimum Gasteiger partial charge on any atom is -0.484 e. The fourth-order valence-electron chi connectivity index (χ4n) is 2.96. The van der Waals surface area contributed by atoms with Gasteiger partial charge in [-0.25, -0.2) is 0 Å². The Kier molecular flexibility index (Phi) is 6.63. The Labute approximate surface area is 154 Å². The zero-order valence-electron chi connectivity index (χ0n) is 15.2. The van der Waals surface area contributed by atoms with Crippen LogP contribution in [0.25, 0.3) is 0 Å². The van der Waals surface area contributed by atoms with E-state index in [9.17, 15) is 4.79 Å². The number of carbonyl (C=O) groups excluding carboxylic acids is 1. The number of carbonyl (C=O) groups is 1. The first-order valence-corrected chi connectivity index (χ1v) is 9.03. The van der Waals surface area contributed by atoms with E-state index in [1.54, 1.807) is 0 Å². The molecule has 1 fully saturated rings. The van der Waals surface area contributed by atoms with E-state index < -0.39 is 0 Å². The molecule has 5 nitrogen and oxygen atoms in total. The van der Waals surface area contributed by atoms with Gasteiger partial charge in [0.25, 0.3) is 5.91 Å². The lowest BCUT2D eigenvalue weighted by Gasteiger charge is -2.26. The molecule has 3 rings (SSSR count). The summed E-state index contributed by atoms with van der Waals surface area (Å²) in [6.07, 6.45) is 0. The molecule has 2 aromatic carbocycles. The number of hydrogen-bond acceptors (Lipinski definition) is 4. The molecule has 0 aliphatic carbocycles. The fourth-order valence-corrected chi connectivity index (χ4v) is 2.96. The van der Waals surface area contributed by atoms with Crippen LogP contribution in [0.3, 0.4) is 0 Å². The monoisotopic (exact) mass is 354 g/mol. The third-order valence-electron chi connectivity index (χ3n) is 4.35. The van der Waals surface area contributed by atoms with Gasteiger partial charge in [0.05, 0.1) is 13.2 Å². The summed E-state index contributed by atoms with van der Waals surface area (Å²) in [5.41, 5.74) is 3.47. The molecule has 0 saturated carbocycles. The van der Waals surface area contributed by atoms with Gasteiger partial charge in [-0.1, -0.05) is 36.4 Å². The molecule has 0 aromatic heterocycles. The Bertz CT molecular complexity index is 727. The van der Waals surface area contributed by atoms with Gasteiger partial charge < -0.3 is 14.8 Å². The molecule has 1 aliphatic heterocycles. The minimum absolute atomic E-state index is 0.0247. The summed E-state index contributed by atoms with van der Waals surface area (Å²) in [5.74, 6) is 0.595. The summed E-state index contributed by atoms with van der Waals surface area (Å²) in [6, 6.07) is 16.0. The molecule has 1 N–H and O–H groups in total. The van der Waals surface area contributed by atoms with Gasteiger partial charge in [0.1, 0.15) is 5.75 Å². The maximum Gasteiger partial charge on any atom is 0.258 e. The second kappa shape index (κ2) is 9.36. The molecule has 5 heteroatoms. The second-order valence-corrected chi connectivity index (χ2v) is 6.59. The number of nitrogens with one attached hydrogen (secondary N) is 1. The van der Waals surface area contributed by atoms with Crippen molar-refractivity contribution in [1.29, 1.82) is 0 Å². The van der Waals surface area contributed by atoms with Gasteiger partial charge in [-0.05, 0) is 35.7 Å². The van der Waals surface area contributed by atoms with Gasteiger partial charge in [-0.15, -0.1) is 0 Å². The maximum absolute atomic E-state index is 12.0. The molecule has 0 atom stereocenters. The van der Waals surface area contributed by atoms with Crippen LogP contribution >= 0.6 is 0 Å². The Morgan fingerprint density at radius 1 is 1.12 bits per heavy atom. The van der Waals surface area contributed by atoms with Crippen molar-refractivity contribution in [2.45, 2.75) is 20.0 Å². The summed E-state index contributed by atoms with van der Waals surface area (Å²) in [6.45, 7) is 6.99. The van der Waals surface area contributed by atoms with Crippen molar-refractivity contribution in [1.82, 2.24) is 10.2 Å². The topological polar surface area (TPSA) is 50.8 Å². The number of morpholine rings is 1. The molecular weight excluding hydrogens is 328 g/mol. The normalized spacial score (nSPS) is 14.8. The number of nitrogens with zero attached hydrogens (tertiary/aromatic N) is 1. The standard InChI is InChI=1S/C21H26N2O3/c1-17-4-2-7-20(12-17)26-16-21(24)22-14-18-5-3-6-19(13-18)15-23-8-10-25-11-9-23/h2-7,12-13H,8-11,14-16H2,1H3,(H,22,24). The van der Waals surface area contributed by atoms with Crippen molar-refractivity contribution in [3.05, 3.63) is 65.2 Å². The van der Waals surface area contributed by atoms with Crippen molar-refractivity contribution in [3.63, 3.8) is 0 Å². The zero-order valence-corrected chi connectivity index (χ0v) is 15.2. The number of rotatable bonds is 7. The number of aryl methyl sites for hydroxylation is 1. The van der Waals surface area contributed by atoms with Crippen LogP contribution in [-0.2, 0) is 22.6 Å². The number of amides is 1. The smallest absolute Gasteiger partial charge is 0.258 e. The zero-order chi connectivity index (χ0) is 18.2. The van der Waals surface area contributed by atoms with Gasteiger partial charge >= 0.3 is 0 Å². The maximum atomic E-state index is 12.0. The average molecular weight is 354 g/mol. The number of ether oxygens (including phenoxy) is 2. The molecule has 26 heavy (non-hydrogen) atoms. The summed E-state index contributed by atoms with van der Waals surface area (Å²) >= 11 is 0.